The third-order valence-corrected chi connectivity index (χ3v) is 9.60. The van der Waals surface area contributed by atoms with Gasteiger partial charge in [0.1, 0.15) is 34.7 Å². The van der Waals surface area contributed by atoms with Crippen LogP contribution in [0.4, 0.5) is 23.4 Å². The van der Waals surface area contributed by atoms with Crippen molar-refractivity contribution in [2.24, 2.45) is 18.7 Å². The second-order valence-corrected chi connectivity index (χ2v) is 13.7. The lowest BCUT2D eigenvalue weighted by atomic mass is 9.83. The van der Waals surface area contributed by atoms with Crippen LogP contribution >= 0.6 is 0 Å². The van der Waals surface area contributed by atoms with Gasteiger partial charge in [-0.05, 0) is 87.3 Å². The van der Waals surface area contributed by atoms with Gasteiger partial charge in [0.25, 0.3) is 6.43 Å². The number of amides is 1. The van der Waals surface area contributed by atoms with Crippen molar-refractivity contribution in [3.63, 3.8) is 0 Å². The van der Waals surface area contributed by atoms with Gasteiger partial charge in [-0.3, -0.25) is 14.2 Å². The number of benzene rings is 2. The maximum atomic E-state index is 14.7. The molecular formula is C37H35F4N7O2. The Labute approximate surface area is 285 Å². The van der Waals surface area contributed by atoms with E-state index in [0.29, 0.717) is 39.7 Å². The minimum absolute atomic E-state index is 0.0737. The van der Waals surface area contributed by atoms with E-state index in [9.17, 15) is 27.5 Å². The molecule has 4 atom stereocenters. The Morgan fingerprint density at radius 1 is 1.08 bits per heavy atom. The van der Waals surface area contributed by atoms with E-state index in [1.807, 2.05) is 12.1 Å². The number of aromatic nitrogens is 5. The fourth-order valence-electron chi connectivity index (χ4n) is 7.45. The third-order valence-electron chi connectivity index (χ3n) is 9.60. The van der Waals surface area contributed by atoms with Gasteiger partial charge in [-0.2, -0.15) is 10.2 Å². The normalized spacial score (nSPS) is 17.9. The number of alkyl halides is 2. The van der Waals surface area contributed by atoms with Crippen LogP contribution in [-0.2, 0) is 24.7 Å². The summed E-state index contributed by atoms with van der Waals surface area (Å²) in [5, 5.41) is 19.8. The zero-order valence-corrected chi connectivity index (χ0v) is 27.6. The Balaban J connectivity index is 1.53. The number of anilines is 1. The van der Waals surface area contributed by atoms with Crippen molar-refractivity contribution < 1.29 is 27.5 Å². The maximum Gasteiger partial charge on any atom is 0.282 e. The predicted octanol–water partition coefficient (Wildman–Crippen LogP) is 5.85. The van der Waals surface area contributed by atoms with Crippen LogP contribution in [0.3, 0.4) is 0 Å². The molecule has 13 heteroatoms. The first kappa shape index (κ1) is 33.3. The molecule has 1 fully saturated rings. The van der Waals surface area contributed by atoms with Crippen molar-refractivity contribution in [1.29, 1.82) is 0 Å². The third kappa shape index (κ3) is 6.08. The molecule has 9 nitrogen and oxygen atoms in total. The fraction of sp³-hybridized carbons (Fsp3) is 0.351. The minimum Gasteiger partial charge on any atom is -0.382 e. The molecule has 1 saturated carbocycles. The second-order valence-electron chi connectivity index (χ2n) is 13.7. The molecule has 3 aromatic heterocycles. The van der Waals surface area contributed by atoms with Crippen molar-refractivity contribution >= 4 is 22.6 Å². The summed E-state index contributed by atoms with van der Waals surface area (Å²) in [5.74, 6) is 2.46. The quantitative estimate of drug-likeness (QED) is 0.138. The zero-order chi connectivity index (χ0) is 35.6. The zero-order valence-electron chi connectivity index (χ0n) is 27.6. The molecule has 5 N–H and O–H groups in total. The van der Waals surface area contributed by atoms with Gasteiger partial charge >= 0.3 is 0 Å². The highest BCUT2D eigenvalue weighted by Gasteiger charge is 2.49. The van der Waals surface area contributed by atoms with Crippen LogP contribution in [-0.4, -0.2) is 41.2 Å². The molecule has 0 aliphatic heterocycles. The number of nitrogens with two attached hydrogens (primary N) is 2. The molecule has 3 heterocycles. The van der Waals surface area contributed by atoms with Crippen molar-refractivity contribution in [3.05, 3.63) is 94.1 Å². The summed E-state index contributed by atoms with van der Waals surface area (Å²) < 4.78 is 61.3. The number of halogens is 4. The lowest BCUT2D eigenvalue weighted by Gasteiger charge is -2.29. The van der Waals surface area contributed by atoms with Gasteiger partial charge in [-0.25, -0.2) is 22.5 Å². The molecular weight excluding hydrogens is 650 g/mol. The predicted molar refractivity (Wildman–Crippen MR) is 179 cm³/mol. The average molecular weight is 686 g/mol. The standard InChI is InChI=1S/C37H35F4N7O2/c1-37(2,50)12-11-22-8-10-23(24-5-4-6-26-31(24)47(3)46-35(26)42)29(44-22)28(15-18-13-20(38)17-21(39)14-18)33(36(43)49)48-32-25(30(45-48)34(40)41)9-7-19-16-27(19)32/h4-6,8,10,13-14,17,19,27-28,33-34,50H,7,9,15-16H2,1-3H3,(H2,42,46)(H2,43,49)/t19?,27?,28-,33?/m1/s1. The fourth-order valence-corrected chi connectivity index (χ4v) is 7.45. The van der Waals surface area contributed by atoms with Gasteiger partial charge in [-0.15, -0.1) is 0 Å². The molecule has 2 aliphatic carbocycles. The molecule has 0 saturated heterocycles. The molecule has 3 unspecified atom stereocenters. The smallest absolute Gasteiger partial charge is 0.282 e. The van der Waals surface area contributed by atoms with Crippen LogP contribution in [0.5, 0.6) is 0 Å². The minimum atomic E-state index is -2.90. The SMILES string of the molecule is Cn1nc(N)c2cccc(-c3ccc(C#CC(C)(C)O)nc3[C@@H](Cc3cc(F)cc(F)c3)C(C(N)=O)n3nc(C(F)F)c4c3C3CC3CC4)c21. The van der Waals surface area contributed by atoms with E-state index in [-0.39, 0.29) is 41.0 Å². The molecule has 50 heavy (non-hydrogen) atoms. The molecule has 2 aliphatic rings. The van der Waals surface area contributed by atoms with Crippen LogP contribution in [0.25, 0.3) is 22.0 Å². The lowest BCUT2D eigenvalue weighted by Crippen LogP contribution is -2.35. The van der Waals surface area contributed by atoms with Crippen LogP contribution in [0.15, 0.2) is 48.5 Å². The van der Waals surface area contributed by atoms with Crippen molar-refractivity contribution in [3.8, 4) is 23.0 Å². The molecule has 7 rings (SSSR count). The van der Waals surface area contributed by atoms with Gasteiger partial charge in [0.05, 0.1) is 11.2 Å². The maximum absolute atomic E-state index is 14.7. The number of primary amides is 1. The van der Waals surface area contributed by atoms with E-state index < -0.39 is 47.2 Å². The molecule has 0 radical (unpaired) electrons. The summed E-state index contributed by atoms with van der Waals surface area (Å²) in [4.78, 5) is 18.7. The number of carbonyl (C=O) groups is 1. The van der Waals surface area contributed by atoms with E-state index in [1.54, 1.807) is 29.9 Å². The summed E-state index contributed by atoms with van der Waals surface area (Å²) in [7, 11) is 1.73. The first-order valence-electron chi connectivity index (χ1n) is 16.3. The van der Waals surface area contributed by atoms with Crippen molar-refractivity contribution in [1.82, 2.24) is 24.5 Å². The van der Waals surface area contributed by atoms with E-state index in [0.717, 1.165) is 31.0 Å². The molecule has 258 valence electrons. The van der Waals surface area contributed by atoms with Gasteiger partial charge in [0.2, 0.25) is 5.91 Å². The number of fused-ring (bicyclic) bond motifs is 4. The summed E-state index contributed by atoms with van der Waals surface area (Å²) in [6.45, 7) is 3.03. The van der Waals surface area contributed by atoms with Crippen LogP contribution in [0.2, 0.25) is 0 Å². The van der Waals surface area contributed by atoms with Crippen LogP contribution in [0, 0.1) is 29.4 Å². The number of aryl methyl sites for hydroxylation is 1. The summed E-state index contributed by atoms with van der Waals surface area (Å²) in [6, 6.07) is 10.4. The number of pyridine rings is 1. The summed E-state index contributed by atoms with van der Waals surface area (Å²) in [5.41, 5.74) is 14.0. The Hall–Kier alpha value is -5.22. The van der Waals surface area contributed by atoms with E-state index in [4.69, 9.17) is 16.5 Å². The average Bonchev–Trinajstić information content (AvgIpc) is 3.65. The highest BCUT2D eigenvalue weighted by molar-refractivity contribution is 6.00. The Kier molecular flexibility index (Phi) is 8.17. The first-order chi connectivity index (χ1) is 23.7. The topological polar surface area (TPSA) is 138 Å². The number of aliphatic hydroxyl groups is 1. The van der Waals surface area contributed by atoms with Crippen molar-refractivity contribution in [2.45, 2.75) is 69.4 Å². The van der Waals surface area contributed by atoms with Crippen LogP contribution < -0.4 is 11.5 Å². The lowest BCUT2D eigenvalue weighted by molar-refractivity contribution is -0.122. The molecule has 0 bridgehead atoms. The number of rotatable bonds is 8. The highest BCUT2D eigenvalue weighted by atomic mass is 19.3. The number of hydrogen-bond acceptors (Lipinski definition) is 6. The van der Waals surface area contributed by atoms with Gasteiger partial charge in [0.15, 0.2) is 5.82 Å². The Morgan fingerprint density at radius 2 is 1.82 bits per heavy atom. The highest BCUT2D eigenvalue weighted by Crippen LogP contribution is 2.56. The van der Waals surface area contributed by atoms with Gasteiger partial charge in [0, 0.05) is 52.7 Å². The summed E-state index contributed by atoms with van der Waals surface area (Å²) in [6.07, 6.45) is -1.19. The van der Waals surface area contributed by atoms with Gasteiger partial charge < -0.3 is 16.6 Å². The van der Waals surface area contributed by atoms with E-state index >= 15 is 0 Å². The largest absolute Gasteiger partial charge is 0.382 e. The number of para-hydroxylation sites is 1. The molecule has 0 spiro atoms. The number of nitrogen functional groups attached to an aromatic ring is 1. The summed E-state index contributed by atoms with van der Waals surface area (Å²) >= 11 is 0. The first-order valence-corrected chi connectivity index (χ1v) is 16.3. The molecule has 5 aromatic rings. The van der Waals surface area contributed by atoms with E-state index in [1.165, 1.54) is 18.5 Å². The van der Waals surface area contributed by atoms with Crippen LogP contribution in [0.1, 0.15) is 84.9 Å². The number of nitrogens with zero attached hydrogens (tertiary/aromatic N) is 5. The number of hydrogen-bond donors (Lipinski definition) is 3. The Bertz CT molecular complexity index is 2210. The monoisotopic (exact) mass is 685 g/mol. The van der Waals surface area contributed by atoms with E-state index in [2.05, 4.69) is 22.0 Å². The Morgan fingerprint density at radius 3 is 2.50 bits per heavy atom. The molecule has 1 amide bonds. The van der Waals surface area contributed by atoms with Crippen molar-refractivity contribution in [2.75, 3.05) is 5.73 Å². The molecule has 2 aromatic carbocycles. The number of carbonyl (C=O) groups excluding carboxylic acids is 1. The second kappa shape index (κ2) is 12.3. The van der Waals surface area contributed by atoms with Gasteiger partial charge in [-0.1, -0.05) is 18.1 Å².